The third-order valence-electron chi connectivity index (χ3n) is 14.4. The van der Waals surface area contributed by atoms with E-state index in [1.54, 1.807) is 0 Å². The summed E-state index contributed by atoms with van der Waals surface area (Å²) in [5, 5.41) is 26.1. The molecule has 0 bridgehead atoms. The lowest BCUT2D eigenvalue weighted by Gasteiger charge is -2.11. The number of aliphatic hydroxyl groups excluding tert-OH is 3. The molecule has 0 unspecified atom stereocenters. The van der Waals surface area contributed by atoms with Crippen molar-refractivity contribution < 1.29 is 101 Å². The number of carbonyl (C=O) groups is 3. The van der Waals surface area contributed by atoms with Gasteiger partial charge in [0.15, 0.2) is 0 Å². The predicted molar refractivity (Wildman–Crippen MR) is 347 cm³/mol. The molecule has 1 aromatic rings. The van der Waals surface area contributed by atoms with E-state index < -0.39 is 17.9 Å². The number of ether oxygens (including phenoxy) is 15. The third-order valence-corrected chi connectivity index (χ3v) is 14.4. The molecule has 528 valence electrons. The molecule has 21 heteroatoms. The first-order valence-corrected chi connectivity index (χ1v) is 34.9. The smallest absolute Gasteiger partial charge is 0.338 e. The second kappa shape index (κ2) is 71.9. The largest absolute Gasteiger partial charge is 0.462 e. The van der Waals surface area contributed by atoms with Crippen LogP contribution >= 0.6 is 0 Å². The summed E-state index contributed by atoms with van der Waals surface area (Å²) < 4.78 is 82.2. The summed E-state index contributed by atoms with van der Waals surface area (Å²) in [6, 6.07) is 4.39. The van der Waals surface area contributed by atoms with Crippen molar-refractivity contribution in [2.75, 3.05) is 198 Å². The van der Waals surface area contributed by atoms with Gasteiger partial charge in [0, 0.05) is 19.8 Å². The van der Waals surface area contributed by atoms with Gasteiger partial charge in [-0.25, -0.2) is 14.4 Å². The van der Waals surface area contributed by atoms with Gasteiger partial charge in [0.2, 0.25) is 0 Å². The molecule has 0 atom stereocenters. The van der Waals surface area contributed by atoms with E-state index in [1.165, 1.54) is 95.2 Å². The van der Waals surface area contributed by atoms with E-state index in [9.17, 15) is 14.4 Å². The summed E-state index contributed by atoms with van der Waals surface area (Å²) >= 11 is 0. The third kappa shape index (κ3) is 61.2. The fourth-order valence-electron chi connectivity index (χ4n) is 9.37. The highest BCUT2D eigenvalue weighted by Crippen LogP contribution is 2.18. The van der Waals surface area contributed by atoms with Crippen LogP contribution < -0.4 is 0 Å². The van der Waals surface area contributed by atoms with E-state index in [-0.39, 0.29) is 56.3 Å². The number of unbranched alkanes of at least 4 members (excludes halogenated alkanes) is 27. The van der Waals surface area contributed by atoms with Gasteiger partial charge >= 0.3 is 17.9 Å². The predicted octanol–water partition coefficient (Wildman–Crippen LogP) is 11.0. The van der Waals surface area contributed by atoms with E-state index in [0.29, 0.717) is 139 Å². The van der Waals surface area contributed by atoms with Crippen LogP contribution in [0, 0.1) is 0 Å². The first kappa shape index (κ1) is 85.0. The van der Waals surface area contributed by atoms with Crippen molar-refractivity contribution in [1.29, 1.82) is 0 Å². The molecule has 1 aromatic carbocycles. The zero-order chi connectivity index (χ0) is 64.6. The second-order valence-corrected chi connectivity index (χ2v) is 22.3. The number of benzene rings is 1. The van der Waals surface area contributed by atoms with Crippen molar-refractivity contribution in [3.05, 3.63) is 34.9 Å². The van der Waals surface area contributed by atoms with E-state index in [2.05, 4.69) is 0 Å². The van der Waals surface area contributed by atoms with Gasteiger partial charge in [-0.2, -0.15) is 0 Å². The summed E-state index contributed by atoms with van der Waals surface area (Å²) in [6.07, 6.45) is 32.6. The van der Waals surface area contributed by atoms with Crippen LogP contribution in [0.3, 0.4) is 0 Å². The molecular formula is C69H126O21. The van der Waals surface area contributed by atoms with Crippen LogP contribution in [0.4, 0.5) is 0 Å². The molecular weight excluding hydrogens is 1160 g/mol. The maximum atomic E-state index is 13.4. The zero-order valence-corrected chi connectivity index (χ0v) is 55.8. The topological polar surface area (TPSA) is 250 Å². The van der Waals surface area contributed by atoms with Crippen molar-refractivity contribution in [3.63, 3.8) is 0 Å². The molecule has 0 aliphatic rings. The van der Waals surface area contributed by atoms with Crippen molar-refractivity contribution >= 4 is 17.9 Å². The number of esters is 3. The van der Waals surface area contributed by atoms with Gasteiger partial charge in [-0.05, 0) is 56.7 Å². The van der Waals surface area contributed by atoms with Crippen LogP contribution in [0.25, 0.3) is 0 Å². The highest BCUT2D eigenvalue weighted by atomic mass is 16.6. The van der Waals surface area contributed by atoms with Crippen molar-refractivity contribution in [2.45, 2.75) is 193 Å². The molecule has 0 heterocycles. The fourth-order valence-corrected chi connectivity index (χ4v) is 9.37. The van der Waals surface area contributed by atoms with Gasteiger partial charge in [0.05, 0.1) is 195 Å². The molecule has 0 saturated carbocycles. The van der Waals surface area contributed by atoms with Crippen LogP contribution in [0.15, 0.2) is 18.2 Å². The minimum atomic E-state index is -0.580. The highest BCUT2D eigenvalue weighted by Gasteiger charge is 2.19. The molecule has 0 aliphatic carbocycles. The maximum Gasteiger partial charge on any atom is 0.338 e. The monoisotopic (exact) mass is 1290 g/mol. The first-order valence-electron chi connectivity index (χ1n) is 34.9. The quantitative estimate of drug-likeness (QED) is 0.0311. The van der Waals surface area contributed by atoms with Crippen LogP contribution in [0.5, 0.6) is 0 Å². The molecule has 0 saturated heterocycles. The SMILES string of the molecule is O=C(OCCCCCCCCCCCCOCCOCCOCCOCCO)c1cc(C(=O)OCCCCCCCCCCCCOCCOCCOCCOCCO)cc(C(=O)OCCCCCCCCCCCCOCCOCCOCCOCCO)c1. The summed E-state index contributed by atoms with van der Waals surface area (Å²) in [7, 11) is 0. The highest BCUT2D eigenvalue weighted by molar-refractivity contribution is 6.00. The van der Waals surface area contributed by atoms with Crippen LogP contribution in [0.1, 0.15) is 224 Å². The Bertz CT molecular complexity index is 1460. The summed E-state index contributed by atoms with van der Waals surface area (Å²) in [5.41, 5.74) is 0.391. The lowest BCUT2D eigenvalue weighted by Crippen LogP contribution is -2.14. The van der Waals surface area contributed by atoms with Gasteiger partial charge in [0.25, 0.3) is 0 Å². The average Bonchev–Trinajstić information content (AvgIpc) is 2.70. The zero-order valence-electron chi connectivity index (χ0n) is 55.8. The van der Waals surface area contributed by atoms with Crippen LogP contribution in [0.2, 0.25) is 0 Å². The number of hydrogen-bond acceptors (Lipinski definition) is 21. The Morgan fingerprint density at radius 2 is 0.322 bits per heavy atom. The molecule has 0 radical (unpaired) electrons. The number of rotatable bonds is 75. The lowest BCUT2D eigenvalue weighted by atomic mass is 10.1. The number of carbonyl (C=O) groups excluding carboxylic acids is 3. The van der Waals surface area contributed by atoms with Gasteiger partial charge in [-0.1, -0.05) is 154 Å². The Morgan fingerprint density at radius 3 is 0.489 bits per heavy atom. The standard InChI is InChI=1S/C69H126O21/c70-31-40-79-46-52-85-58-55-82-49-43-76-34-25-19-13-7-1-4-10-16-22-28-37-88-67(73)64-61-65(68(74)89-38-29-23-17-11-5-2-8-14-20-26-35-77-44-50-83-56-59-86-53-47-80-41-32-71)63-66(62-64)69(75)90-39-30-24-18-12-6-3-9-15-21-27-36-78-45-51-84-57-60-87-54-48-81-42-33-72/h61-63,70-72H,1-60H2. The minimum Gasteiger partial charge on any atom is -0.462 e. The van der Waals surface area contributed by atoms with Crippen molar-refractivity contribution in [2.24, 2.45) is 0 Å². The number of hydrogen-bond donors (Lipinski definition) is 3. The maximum absolute atomic E-state index is 13.4. The van der Waals surface area contributed by atoms with E-state index in [0.717, 1.165) is 135 Å². The Kier molecular flexibility index (Phi) is 67.9. The fraction of sp³-hybridized carbons (Fsp3) is 0.870. The van der Waals surface area contributed by atoms with E-state index in [1.807, 2.05) is 0 Å². The Balaban J connectivity index is 2.34. The van der Waals surface area contributed by atoms with Gasteiger partial charge in [-0.15, -0.1) is 0 Å². The lowest BCUT2D eigenvalue weighted by molar-refractivity contribution is -0.00577. The minimum absolute atomic E-state index is 0.0194. The molecule has 3 N–H and O–H groups in total. The Morgan fingerprint density at radius 1 is 0.189 bits per heavy atom. The Hall–Kier alpha value is -2.97. The summed E-state index contributed by atoms with van der Waals surface area (Å²) in [6.45, 7) is 13.4. The number of aliphatic hydroxyl groups is 3. The molecule has 0 spiro atoms. The average molecular weight is 1290 g/mol. The molecule has 0 amide bonds. The van der Waals surface area contributed by atoms with Gasteiger partial charge in [-0.3, -0.25) is 0 Å². The van der Waals surface area contributed by atoms with Gasteiger partial charge in [0.1, 0.15) is 0 Å². The summed E-state index contributed by atoms with van der Waals surface area (Å²) in [5.74, 6) is -1.74. The van der Waals surface area contributed by atoms with Crippen LogP contribution in [-0.2, 0) is 71.1 Å². The van der Waals surface area contributed by atoms with Gasteiger partial charge < -0.3 is 86.4 Å². The molecule has 1 rings (SSSR count). The summed E-state index contributed by atoms with van der Waals surface area (Å²) in [4.78, 5) is 40.1. The van der Waals surface area contributed by atoms with Crippen molar-refractivity contribution in [3.8, 4) is 0 Å². The first-order chi connectivity index (χ1) is 44.5. The molecule has 0 aromatic heterocycles. The Labute approximate surface area is 542 Å². The molecule has 0 aliphatic heterocycles. The molecule has 0 fully saturated rings. The molecule has 21 nitrogen and oxygen atoms in total. The second-order valence-electron chi connectivity index (χ2n) is 22.3. The van der Waals surface area contributed by atoms with Crippen LogP contribution in [-0.4, -0.2) is 231 Å². The molecule has 90 heavy (non-hydrogen) atoms. The van der Waals surface area contributed by atoms with E-state index in [4.69, 9.17) is 86.4 Å². The van der Waals surface area contributed by atoms with Crippen molar-refractivity contribution in [1.82, 2.24) is 0 Å². The van der Waals surface area contributed by atoms with E-state index >= 15 is 0 Å². The normalized spacial score (nSPS) is 11.5.